The highest BCUT2D eigenvalue weighted by molar-refractivity contribution is 14.1. The molecule has 0 aliphatic carbocycles. The van der Waals surface area contributed by atoms with Crippen LogP contribution in [0, 0.1) is 13.7 Å². The van der Waals surface area contributed by atoms with Crippen molar-refractivity contribution < 1.29 is 4.92 Å². The van der Waals surface area contributed by atoms with Crippen molar-refractivity contribution in [1.82, 2.24) is 0 Å². The fourth-order valence-corrected chi connectivity index (χ4v) is 1.91. The molecule has 0 fully saturated rings. The Morgan fingerprint density at radius 2 is 1.78 bits per heavy atom. The maximum Gasteiger partial charge on any atom is 0.269 e. The first kappa shape index (κ1) is 12.7. The highest BCUT2D eigenvalue weighted by atomic mass is 127. The second kappa shape index (κ2) is 5.72. The third kappa shape index (κ3) is 3.13. The number of hydrogen-bond acceptors (Lipinski definition) is 3. The van der Waals surface area contributed by atoms with Crippen LogP contribution < -0.4 is 0 Å². The van der Waals surface area contributed by atoms with Gasteiger partial charge in [0.05, 0.1) is 10.6 Å². The van der Waals surface area contributed by atoms with Crippen molar-refractivity contribution >= 4 is 40.2 Å². The van der Waals surface area contributed by atoms with E-state index in [4.69, 9.17) is 0 Å². The van der Waals surface area contributed by atoms with E-state index >= 15 is 0 Å². The quantitative estimate of drug-likeness (QED) is 0.364. The Bertz CT molecular complexity index is 594. The van der Waals surface area contributed by atoms with Gasteiger partial charge in [-0.1, -0.05) is 18.2 Å². The van der Waals surface area contributed by atoms with Crippen molar-refractivity contribution in [2.75, 3.05) is 0 Å². The summed E-state index contributed by atoms with van der Waals surface area (Å²) in [5, 5.41) is 10.5. The highest BCUT2D eigenvalue weighted by Crippen LogP contribution is 2.18. The van der Waals surface area contributed by atoms with E-state index in [-0.39, 0.29) is 5.69 Å². The predicted molar refractivity (Wildman–Crippen MR) is 79.5 cm³/mol. The van der Waals surface area contributed by atoms with Gasteiger partial charge in [-0.15, -0.1) is 0 Å². The van der Waals surface area contributed by atoms with Crippen molar-refractivity contribution in [1.29, 1.82) is 0 Å². The molecule has 2 aromatic rings. The van der Waals surface area contributed by atoms with Crippen LogP contribution >= 0.6 is 22.6 Å². The maximum absolute atomic E-state index is 10.5. The van der Waals surface area contributed by atoms with Crippen LogP contribution in [-0.4, -0.2) is 11.1 Å². The maximum atomic E-state index is 10.5. The molecule has 18 heavy (non-hydrogen) atoms. The molecule has 0 spiro atoms. The molecule has 0 N–H and O–H groups in total. The number of rotatable bonds is 3. The third-order valence-corrected chi connectivity index (χ3v) is 3.30. The lowest BCUT2D eigenvalue weighted by Gasteiger charge is -1.97. The Hall–Kier alpha value is -1.76. The van der Waals surface area contributed by atoms with E-state index < -0.39 is 4.92 Å². The van der Waals surface area contributed by atoms with E-state index in [9.17, 15) is 10.1 Å². The van der Waals surface area contributed by atoms with Gasteiger partial charge in [-0.05, 0) is 40.8 Å². The molecule has 0 aromatic heterocycles. The fraction of sp³-hybridized carbons (Fsp3) is 0. The lowest BCUT2D eigenvalue weighted by Crippen LogP contribution is -1.86. The lowest BCUT2D eigenvalue weighted by molar-refractivity contribution is -0.384. The van der Waals surface area contributed by atoms with Crippen LogP contribution in [0.5, 0.6) is 0 Å². The molecule has 0 unspecified atom stereocenters. The molecule has 0 aliphatic heterocycles. The second-order valence-electron chi connectivity index (χ2n) is 3.55. The average Bonchev–Trinajstić information content (AvgIpc) is 2.38. The normalized spacial score (nSPS) is 10.7. The molecule has 2 rings (SSSR count). The molecule has 0 saturated heterocycles. The van der Waals surface area contributed by atoms with Gasteiger partial charge in [-0.25, -0.2) is 0 Å². The molecule has 0 atom stereocenters. The Morgan fingerprint density at radius 3 is 2.39 bits per heavy atom. The standard InChI is InChI=1S/C13H9IN2O2/c14-13-4-2-1-3-10(13)9-15-11-5-7-12(8-6-11)16(17)18/h1-9H. The smallest absolute Gasteiger partial charge is 0.258 e. The fourth-order valence-electron chi connectivity index (χ4n) is 1.38. The molecule has 2 aromatic carbocycles. The molecular formula is C13H9IN2O2. The zero-order chi connectivity index (χ0) is 13.0. The Kier molecular flexibility index (Phi) is 4.03. The Morgan fingerprint density at radius 1 is 1.11 bits per heavy atom. The zero-order valence-corrected chi connectivity index (χ0v) is 11.4. The van der Waals surface area contributed by atoms with E-state index in [1.165, 1.54) is 12.1 Å². The van der Waals surface area contributed by atoms with Crippen LogP contribution in [0.1, 0.15) is 5.56 Å². The topological polar surface area (TPSA) is 55.5 Å². The summed E-state index contributed by atoms with van der Waals surface area (Å²) in [6.45, 7) is 0. The number of aliphatic imine (C=N–C) groups is 1. The number of non-ortho nitro benzene ring substituents is 1. The van der Waals surface area contributed by atoms with Crippen molar-refractivity contribution in [2.45, 2.75) is 0 Å². The first-order chi connectivity index (χ1) is 8.66. The van der Waals surface area contributed by atoms with E-state index in [1.54, 1.807) is 18.3 Å². The molecule has 5 heteroatoms. The van der Waals surface area contributed by atoms with Crippen LogP contribution in [-0.2, 0) is 0 Å². The lowest BCUT2D eigenvalue weighted by atomic mass is 10.2. The number of hydrogen-bond donors (Lipinski definition) is 0. The van der Waals surface area contributed by atoms with Gasteiger partial charge in [-0.3, -0.25) is 15.1 Å². The van der Waals surface area contributed by atoms with Crippen molar-refractivity contribution in [3.8, 4) is 0 Å². The summed E-state index contributed by atoms with van der Waals surface area (Å²) in [4.78, 5) is 14.4. The van der Waals surface area contributed by atoms with Crippen LogP contribution in [0.3, 0.4) is 0 Å². The van der Waals surface area contributed by atoms with Crippen molar-refractivity contribution in [2.24, 2.45) is 4.99 Å². The summed E-state index contributed by atoms with van der Waals surface area (Å²) in [6, 6.07) is 14.0. The molecule has 0 heterocycles. The van der Waals surface area contributed by atoms with Gasteiger partial charge in [0, 0.05) is 27.5 Å². The van der Waals surface area contributed by atoms with E-state index in [0.29, 0.717) is 5.69 Å². The van der Waals surface area contributed by atoms with Crippen LogP contribution in [0.15, 0.2) is 53.5 Å². The van der Waals surface area contributed by atoms with Gasteiger partial charge in [0.1, 0.15) is 0 Å². The highest BCUT2D eigenvalue weighted by Gasteiger charge is 2.02. The number of nitro groups is 1. The minimum atomic E-state index is -0.423. The van der Waals surface area contributed by atoms with Crippen LogP contribution in [0.4, 0.5) is 11.4 Å². The number of halogens is 1. The van der Waals surface area contributed by atoms with Crippen molar-refractivity contribution in [3.05, 3.63) is 67.8 Å². The predicted octanol–water partition coefficient (Wildman–Crippen LogP) is 3.95. The number of nitrogens with zero attached hydrogens (tertiary/aromatic N) is 2. The minimum Gasteiger partial charge on any atom is -0.258 e. The van der Waals surface area contributed by atoms with Crippen LogP contribution in [0.2, 0.25) is 0 Å². The Balaban J connectivity index is 2.19. The average molecular weight is 352 g/mol. The molecule has 4 nitrogen and oxygen atoms in total. The zero-order valence-electron chi connectivity index (χ0n) is 9.29. The van der Waals surface area contributed by atoms with Gasteiger partial charge in [-0.2, -0.15) is 0 Å². The molecule has 0 radical (unpaired) electrons. The molecule has 0 saturated carbocycles. The SMILES string of the molecule is O=[N+]([O-])c1ccc(N=Cc2ccccc2I)cc1. The first-order valence-electron chi connectivity index (χ1n) is 5.20. The minimum absolute atomic E-state index is 0.0724. The monoisotopic (exact) mass is 352 g/mol. The van der Waals surface area contributed by atoms with E-state index in [0.717, 1.165) is 9.13 Å². The summed E-state index contributed by atoms with van der Waals surface area (Å²) < 4.78 is 1.11. The molecule has 0 aliphatic rings. The summed E-state index contributed by atoms with van der Waals surface area (Å²) in [5.41, 5.74) is 1.79. The first-order valence-corrected chi connectivity index (χ1v) is 6.28. The van der Waals surface area contributed by atoms with E-state index in [1.807, 2.05) is 24.3 Å². The molecular weight excluding hydrogens is 343 g/mol. The summed E-state index contributed by atoms with van der Waals surface area (Å²) in [5.74, 6) is 0. The van der Waals surface area contributed by atoms with Gasteiger partial charge in [0.2, 0.25) is 0 Å². The third-order valence-electron chi connectivity index (χ3n) is 2.32. The summed E-state index contributed by atoms with van der Waals surface area (Å²) in [7, 11) is 0. The molecule has 0 amide bonds. The van der Waals surface area contributed by atoms with Gasteiger partial charge in [0.15, 0.2) is 0 Å². The van der Waals surface area contributed by atoms with E-state index in [2.05, 4.69) is 27.6 Å². The van der Waals surface area contributed by atoms with Crippen LogP contribution in [0.25, 0.3) is 0 Å². The number of benzene rings is 2. The summed E-state index contributed by atoms with van der Waals surface area (Å²) >= 11 is 2.24. The van der Waals surface area contributed by atoms with Crippen molar-refractivity contribution in [3.63, 3.8) is 0 Å². The summed E-state index contributed by atoms with van der Waals surface area (Å²) in [6.07, 6.45) is 1.75. The van der Waals surface area contributed by atoms with Gasteiger partial charge >= 0.3 is 0 Å². The molecule has 0 bridgehead atoms. The van der Waals surface area contributed by atoms with Gasteiger partial charge < -0.3 is 0 Å². The Labute approximate surface area is 118 Å². The second-order valence-corrected chi connectivity index (χ2v) is 4.72. The number of nitro benzene ring substituents is 1. The largest absolute Gasteiger partial charge is 0.269 e. The van der Waals surface area contributed by atoms with Gasteiger partial charge in [0.25, 0.3) is 5.69 Å². The molecule has 90 valence electrons.